The fourth-order valence-electron chi connectivity index (χ4n) is 8.40. The van der Waals surface area contributed by atoms with Crippen LogP contribution in [0, 0.1) is 22.7 Å². The van der Waals surface area contributed by atoms with Gasteiger partial charge in [0.2, 0.25) is 12.6 Å². The van der Waals surface area contributed by atoms with E-state index < -0.39 is 133 Å². The van der Waals surface area contributed by atoms with Gasteiger partial charge in [-0.05, 0) is 25.7 Å². The Hall–Kier alpha value is -5.14. The van der Waals surface area contributed by atoms with Crippen molar-refractivity contribution < 1.29 is 114 Å². The lowest BCUT2D eigenvalue weighted by atomic mass is 9.75. The number of hydrogen-bond acceptors (Lipinski definition) is 24. The molecule has 0 aromatic heterocycles. The molecule has 4 aliphatic heterocycles. The maximum atomic E-state index is 12.8. The number of carbonyl (C=O) groups is 10. The third kappa shape index (κ3) is 14.9. The van der Waals surface area contributed by atoms with Gasteiger partial charge in [0.25, 0.3) is 0 Å². The van der Waals surface area contributed by atoms with Crippen LogP contribution in [0.1, 0.15) is 110 Å². The van der Waals surface area contributed by atoms with Gasteiger partial charge < -0.3 is 66.3 Å². The Morgan fingerprint density at radius 1 is 0.429 bits per heavy atom. The maximum absolute atomic E-state index is 12.8. The average Bonchev–Trinajstić information content (AvgIpc) is 3.71. The first kappa shape index (κ1) is 59.2. The molecule has 24 heteroatoms. The van der Waals surface area contributed by atoms with Crippen LogP contribution in [0.4, 0.5) is 0 Å². The van der Waals surface area contributed by atoms with Crippen molar-refractivity contribution in [2.45, 2.75) is 184 Å². The van der Waals surface area contributed by atoms with Crippen molar-refractivity contribution in [3.63, 3.8) is 0 Å². The third-order valence-corrected chi connectivity index (χ3v) is 12.3. The van der Waals surface area contributed by atoms with Gasteiger partial charge >= 0.3 is 47.8 Å². The first-order valence-electron chi connectivity index (χ1n) is 22.8. The lowest BCUT2D eigenvalue weighted by Gasteiger charge is -2.45. The summed E-state index contributed by atoms with van der Waals surface area (Å²) in [6, 6.07) is 0. The number of ketones is 2. The molecule has 24 nitrogen and oxygen atoms in total. The smallest absolute Gasteiger partial charge is 0.303 e. The fraction of sp³-hybridized carbons (Fsp3) is 0.783. The van der Waals surface area contributed by atoms with Crippen LogP contribution in [0.3, 0.4) is 0 Å². The van der Waals surface area contributed by atoms with Gasteiger partial charge in [-0.25, -0.2) is 0 Å². The molecule has 0 spiro atoms. The Labute approximate surface area is 405 Å². The summed E-state index contributed by atoms with van der Waals surface area (Å²) in [5.41, 5.74) is -2.07. The van der Waals surface area contributed by atoms with Gasteiger partial charge in [0.1, 0.15) is 37.0 Å². The normalized spacial score (nSPS) is 34.5. The molecule has 0 aliphatic carbocycles. The Morgan fingerprint density at radius 3 is 0.957 bits per heavy atom. The first-order chi connectivity index (χ1) is 32.6. The number of hydrogen-bond donors (Lipinski definition) is 0. The number of esters is 8. The Bertz CT molecular complexity index is 1780. The molecule has 4 fully saturated rings. The molecule has 396 valence electrons. The van der Waals surface area contributed by atoms with E-state index in [0.717, 1.165) is 41.5 Å². The summed E-state index contributed by atoms with van der Waals surface area (Å²) in [5, 5.41) is 0. The summed E-state index contributed by atoms with van der Waals surface area (Å²) in [7, 11) is 0. The van der Waals surface area contributed by atoms with Gasteiger partial charge in [-0.3, -0.25) is 47.9 Å². The van der Waals surface area contributed by atoms with Crippen molar-refractivity contribution in [2.24, 2.45) is 22.7 Å². The summed E-state index contributed by atoms with van der Waals surface area (Å²) in [5.74, 6) is -6.33. The Balaban J connectivity index is 0.000000370. The highest BCUT2D eigenvalue weighted by atomic mass is 16.8. The van der Waals surface area contributed by atoms with Crippen LogP contribution in [0.2, 0.25) is 0 Å². The van der Waals surface area contributed by atoms with E-state index in [-0.39, 0.29) is 62.7 Å². The molecule has 4 rings (SSSR count). The molecular formula is C46H68O24. The molecule has 0 unspecified atom stereocenters. The van der Waals surface area contributed by atoms with Crippen LogP contribution in [0.15, 0.2) is 0 Å². The van der Waals surface area contributed by atoms with Crippen molar-refractivity contribution in [3.05, 3.63) is 0 Å². The SMILES string of the molecule is CCC(=O)[C@]1(C)[C@@H](O[C@@H]2O[C@H](COC(C)=O)[C@@H](OC(C)=O)[C@H](OC(C)=O)[C@H]2OC(C)=O)OC[C@H]1C.CCC(=O)[C@]1(C)[C@@H](O[C@@H]2O[C@H](COC(C)=O)[C@@H](OC(C)=O)[C@H](OC(C)=O)[C@H]2OC(C)=O)OC[C@H]1C. The maximum Gasteiger partial charge on any atom is 0.303 e. The van der Waals surface area contributed by atoms with Gasteiger partial charge in [-0.1, -0.05) is 27.7 Å². The van der Waals surface area contributed by atoms with E-state index in [2.05, 4.69) is 0 Å². The van der Waals surface area contributed by atoms with Gasteiger partial charge in [0.05, 0.1) is 24.0 Å². The fourth-order valence-corrected chi connectivity index (χ4v) is 8.40. The second-order valence-electron chi connectivity index (χ2n) is 17.7. The van der Waals surface area contributed by atoms with Gasteiger partial charge in [0, 0.05) is 68.2 Å². The topological polar surface area (TPSA) is 300 Å². The van der Waals surface area contributed by atoms with Crippen molar-refractivity contribution in [1.29, 1.82) is 0 Å². The monoisotopic (exact) mass is 1000 g/mol. The first-order valence-corrected chi connectivity index (χ1v) is 22.8. The summed E-state index contributed by atoms with van der Waals surface area (Å²) >= 11 is 0. The van der Waals surface area contributed by atoms with Gasteiger partial charge in [-0.2, -0.15) is 0 Å². The second-order valence-corrected chi connectivity index (χ2v) is 17.7. The molecule has 0 amide bonds. The predicted octanol–water partition coefficient (Wildman–Crippen LogP) is 2.13. The van der Waals surface area contributed by atoms with Crippen LogP contribution < -0.4 is 0 Å². The molecule has 70 heavy (non-hydrogen) atoms. The molecule has 0 aromatic rings. The lowest BCUT2D eigenvalue weighted by Crippen LogP contribution is -2.63. The summed E-state index contributed by atoms with van der Waals surface area (Å²) < 4.78 is 77.8. The van der Waals surface area contributed by atoms with Crippen LogP contribution in [-0.4, -0.2) is 160 Å². The summed E-state index contributed by atoms with van der Waals surface area (Å²) in [6.45, 7) is 19.4. The molecule has 4 heterocycles. The summed E-state index contributed by atoms with van der Waals surface area (Å²) in [6.07, 6.45) is -15.0. The molecular weight excluding hydrogens is 936 g/mol. The highest BCUT2D eigenvalue weighted by molar-refractivity contribution is 5.86. The number of carbonyl (C=O) groups excluding carboxylic acids is 10. The Kier molecular flexibility index (Phi) is 21.8. The molecule has 0 radical (unpaired) electrons. The zero-order valence-electron chi connectivity index (χ0n) is 42.1. The predicted molar refractivity (Wildman–Crippen MR) is 231 cm³/mol. The number of rotatable bonds is 18. The summed E-state index contributed by atoms with van der Waals surface area (Å²) in [4.78, 5) is 120. The molecule has 0 aromatic carbocycles. The van der Waals surface area contributed by atoms with Crippen molar-refractivity contribution in [3.8, 4) is 0 Å². The lowest BCUT2D eigenvalue weighted by molar-refractivity contribution is -0.343. The highest BCUT2D eigenvalue weighted by Gasteiger charge is 2.59. The molecule has 0 N–H and O–H groups in total. The minimum atomic E-state index is -1.42. The molecule has 16 atom stereocenters. The third-order valence-electron chi connectivity index (χ3n) is 12.3. The zero-order chi connectivity index (χ0) is 53.0. The van der Waals surface area contributed by atoms with E-state index in [1.54, 1.807) is 27.7 Å². The van der Waals surface area contributed by atoms with E-state index >= 15 is 0 Å². The number of Topliss-reactive ketones (excluding diaryl/α,β-unsaturated/α-hetero) is 2. The van der Waals surface area contributed by atoms with Crippen LogP contribution in [-0.2, 0) is 114 Å². The van der Waals surface area contributed by atoms with Crippen molar-refractivity contribution >= 4 is 59.3 Å². The van der Waals surface area contributed by atoms with E-state index in [0.29, 0.717) is 0 Å². The van der Waals surface area contributed by atoms with Crippen LogP contribution in [0.25, 0.3) is 0 Å². The average molecular weight is 1010 g/mol. The van der Waals surface area contributed by atoms with E-state index in [1.165, 1.54) is 13.8 Å². The van der Waals surface area contributed by atoms with Crippen molar-refractivity contribution in [1.82, 2.24) is 0 Å². The quantitative estimate of drug-likeness (QED) is 0.140. The van der Waals surface area contributed by atoms with Gasteiger partial charge in [0.15, 0.2) is 49.2 Å². The van der Waals surface area contributed by atoms with Crippen molar-refractivity contribution in [2.75, 3.05) is 26.4 Å². The largest absolute Gasteiger partial charge is 0.463 e. The van der Waals surface area contributed by atoms with Gasteiger partial charge in [-0.15, -0.1) is 0 Å². The zero-order valence-corrected chi connectivity index (χ0v) is 42.1. The molecule has 4 aliphatic rings. The van der Waals surface area contributed by atoms with Crippen LogP contribution in [0.5, 0.6) is 0 Å². The molecule has 0 saturated carbocycles. The minimum Gasteiger partial charge on any atom is -0.463 e. The van der Waals surface area contributed by atoms with Crippen LogP contribution >= 0.6 is 0 Å². The second kappa shape index (κ2) is 25.8. The number of ether oxygens (including phenoxy) is 14. The van der Waals surface area contributed by atoms with E-state index in [9.17, 15) is 47.9 Å². The minimum absolute atomic E-state index is 0.0989. The highest BCUT2D eigenvalue weighted by Crippen LogP contribution is 2.45. The standard InChI is InChI=1S/2C23H34O12/c2*1-8-17(28)23(7)11(2)9-30-22(23)35-21-20(33-15(6)27)19(32-14(5)26)18(31-13(4)25)16(34-21)10-29-12(3)24/h2*11,16,18-22H,8-10H2,1-7H3/t2*11-,16-,18-,19+,20-,21+,22-,23-/m11/s1. The van der Waals surface area contributed by atoms with E-state index in [4.69, 9.17) is 66.3 Å². The molecule has 4 saturated heterocycles. The Morgan fingerprint density at radius 2 is 0.700 bits per heavy atom. The molecule has 0 bridgehead atoms. The van der Waals surface area contributed by atoms with E-state index in [1.807, 2.05) is 13.8 Å².